The number of hydrogen-bond acceptors (Lipinski definition) is 6. The Balaban J connectivity index is 1.74. The number of nitrogens with zero attached hydrogens (tertiary/aromatic N) is 1. The van der Waals surface area contributed by atoms with Gasteiger partial charge in [0.25, 0.3) is 5.91 Å². The van der Waals surface area contributed by atoms with E-state index in [9.17, 15) is 9.59 Å². The highest BCUT2D eigenvalue weighted by molar-refractivity contribution is 7.17. The fourth-order valence-corrected chi connectivity index (χ4v) is 5.75. The summed E-state index contributed by atoms with van der Waals surface area (Å²) in [7, 11) is 0. The van der Waals surface area contributed by atoms with Crippen molar-refractivity contribution in [1.82, 2.24) is 4.98 Å². The van der Waals surface area contributed by atoms with Crippen molar-refractivity contribution < 1.29 is 9.59 Å². The van der Waals surface area contributed by atoms with E-state index in [-0.39, 0.29) is 11.7 Å². The third-order valence-electron chi connectivity index (χ3n) is 4.32. The number of amides is 1. The van der Waals surface area contributed by atoms with Gasteiger partial charge in [0, 0.05) is 4.88 Å². The minimum atomic E-state index is -0.182. The normalized spacial score (nSPS) is 13.5. The summed E-state index contributed by atoms with van der Waals surface area (Å²) in [6, 6.07) is 3.73. The van der Waals surface area contributed by atoms with Crippen LogP contribution in [-0.4, -0.2) is 16.7 Å². The van der Waals surface area contributed by atoms with Gasteiger partial charge in [-0.15, -0.1) is 34.0 Å². The Labute approximate surface area is 157 Å². The van der Waals surface area contributed by atoms with Crippen molar-refractivity contribution in [1.29, 1.82) is 0 Å². The molecule has 0 spiro atoms. The van der Waals surface area contributed by atoms with E-state index in [1.54, 1.807) is 16.8 Å². The summed E-state index contributed by atoms with van der Waals surface area (Å²) in [6.07, 6.45) is 4.13. The Morgan fingerprint density at radius 3 is 2.76 bits per heavy atom. The van der Waals surface area contributed by atoms with Crippen molar-refractivity contribution in [2.24, 2.45) is 0 Å². The predicted molar refractivity (Wildman–Crippen MR) is 104 cm³/mol. The Hall–Kier alpha value is -1.83. The molecular weight excluding hydrogens is 372 g/mol. The molecule has 1 N–H and O–H groups in total. The maximum absolute atomic E-state index is 13.1. The van der Waals surface area contributed by atoms with Gasteiger partial charge in [0.1, 0.15) is 9.88 Å². The fourth-order valence-electron chi connectivity index (χ4n) is 3.10. The van der Waals surface area contributed by atoms with Gasteiger partial charge in [-0.05, 0) is 49.6 Å². The summed E-state index contributed by atoms with van der Waals surface area (Å²) in [6.45, 7) is 1.82. The zero-order valence-electron chi connectivity index (χ0n) is 13.6. The van der Waals surface area contributed by atoms with Gasteiger partial charge in [0.2, 0.25) is 5.78 Å². The summed E-state index contributed by atoms with van der Waals surface area (Å²) >= 11 is 4.32. The van der Waals surface area contributed by atoms with Gasteiger partial charge in [0.05, 0.1) is 21.6 Å². The second-order valence-electron chi connectivity index (χ2n) is 5.94. The lowest BCUT2D eigenvalue weighted by Gasteiger charge is -2.12. The highest BCUT2D eigenvalue weighted by atomic mass is 32.1. The number of nitrogens with one attached hydrogen (secondary N) is 1. The van der Waals surface area contributed by atoms with Crippen LogP contribution in [0.2, 0.25) is 0 Å². The molecule has 1 amide bonds. The number of hydrogen-bond donors (Lipinski definition) is 1. The third kappa shape index (κ3) is 3.07. The fraction of sp³-hybridized carbons (Fsp3) is 0.278. The molecule has 1 aliphatic carbocycles. The summed E-state index contributed by atoms with van der Waals surface area (Å²) < 4.78 is 0. The van der Waals surface area contributed by atoms with Gasteiger partial charge in [-0.1, -0.05) is 6.07 Å². The van der Waals surface area contributed by atoms with Crippen molar-refractivity contribution in [3.63, 3.8) is 0 Å². The number of aryl methyl sites for hydroxylation is 2. The molecule has 4 nitrogen and oxygen atoms in total. The number of fused-ring (bicyclic) bond motifs is 1. The number of rotatable bonds is 4. The second kappa shape index (κ2) is 6.82. The van der Waals surface area contributed by atoms with Crippen LogP contribution >= 0.6 is 34.0 Å². The van der Waals surface area contributed by atoms with E-state index in [0.717, 1.165) is 41.8 Å². The molecule has 3 aromatic heterocycles. The van der Waals surface area contributed by atoms with Crippen LogP contribution in [0.3, 0.4) is 0 Å². The number of thiophene rings is 2. The lowest BCUT2D eigenvalue weighted by Crippen LogP contribution is -2.14. The molecule has 128 valence electrons. The van der Waals surface area contributed by atoms with Gasteiger partial charge >= 0.3 is 0 Å². The van der Waals surface area contributed by atoms with Gasteiger partial charge in [-0.25, -0.2) is 4.98 Å². The van der Waals surface area contributed by atoms with E-state index in [2.05, 4.69) is 10.3 Å². The standard InChI is InChI=1S/C18H16N2O2S3/c1-10-16(24-9-19-10)17(22)20-18-14(15(21)13-7-4-8-23-13)11-5-2-3-6-12(11)25-18/h4,7-9H,2-3,5-6H2,1H3,(H,20,22). The molecule has 1 aliphatic rings. The first kappa shape index (κ1) is 16.6. The van der Waals surface area contributed by atoms with Gasteiger partial charge in [-0.2, -0.15) is 0 Å². The molecule has 4 rings (SSSR count). The average Bonchev–Trinajstić information content (AvgIpc) is 3.33. The number of thiazole rings is 1. The van der Waals surface area contributed by atoms with E-state index in [1.165, 1.54) is 27.6 Å². The first-order valence-electron chi connectivity index (χ1n) is 8.09. The molecular formula is C18H16N2O2S3. The largest absolute Gasteiger partial charge is 0.312 e. The Morgan fingerprint density at radius 1 is 1.20 bits per heavy atom. The minimum Gasteiger partial charge on any atom is -0.312 e. The predicted octanol–water partition coefficient (Wildman–Crippen LogP) is 4.94. The molecule has 0 aromatic carbocycles. The van der Waals surface area contributed by atoms with Crippen molar-refractivity contribution in [2.45, 2.75) is 32.6 Å². The van der Waals surface area contributed by atoms with E-state index >= 15 is 0 Å². The second-order valence-corrected chi connectivity index (χ2v) is 8.85. The van der Waals surface area contributed by atoms with Gasteiger partial charge in [0.15, 0.2) is 0 Å². The average molecular weight is 389 g/mol. The summed E-state index contributed by atoms with van der Waals surface area (Å²) in [5, 5.41) is 5.58. The quantitative estimate of drug-likeness (QED) is 0.644. The number of aromatic nitrogens is 1. The molecule has 0 saturated carbocycles. The monoisotopic (exact) mass is 388 g/mol. The van der Waals surface area contributed by atoms with Crippen LogP contribution < -0.4 is 5.32 Å². The summed E-state index contributed by atoms with van der Waals surface area (Å²) in [5.74, 6) is -0.162. The molecule has 25 heavy (non-hydrogen) atoms. The molecule has 0 saturated heterocycles. The maximum Gasteiger partial charge on any atom is 0.268 e. The van der Waals surface area contributed by atoms with Crippen LogP contribution in [0.4, 0.5) is 5.00 Å². The van der Waals surface area contributed by atoms with Crippen LogP contribution in [0, 0.1) is 6.92 Å². The Bertz CT molecular complexity index is 938. The molecule has 0 bridgehead atoms. The number of ketones is 1. The highest BCUT2D eigenvalue weighted by Gasteiger charge is 2.28. The van der Waals surface area contributed by atoms with Crippen LogP contribution in [0.1, 0.15) is 53.9 Å². The van der Waals surface area contributed by atoms with E-state index < -0.39 is 0 Å². The lowest BCUT2D eigenvalue weighted by molar-refractivity contribution is 0.103. The zero-order valence-corrected chi connectivity index (χ0v) is 16.1. The molecule has 3 heterocycles. The van der Waals surface area contributed by atoms with Gasteiger partial charge in [-0.3, -0.25) is 9.59 Å². The van der Waals surface area contributed by atoms with E-state index in [1.807, 2.05) is 24.4 Å². The van der Waals surface area contributed by atoms with Crippen LogP contribution in [-0.2, 0) is 12.8 Å². The summed E-state index contributed by atoms with van der Waals surface area (Å²) in [5.41, 5.74) is 4.21. The first-order chi connectivity index (χ1) is 12.1. The molecule has 0 unspecified atom stereocenters. The van der Waals surface area contributed by atoms with Crippen LogP contribution in [0.15, 0.2) is 23.0 Å². The number of carbonyl (C=O) groups excluding carboxylic acids is 2. The lowest BCUT2D eigenvalue weighted by atomic mass is 9.93. The Morgan fingerprint density at radius 2 is 2.04 bits per heavy atom. The van der Waals surface area contributed by atoms with Crippen LogP contribution in [0.5, 0.6) is 0 Å². The van der Waals surface area contributed by atoms with Crippen molar-refractivity contribution in [3.8, 4) is 0 Å². The number of anilines is 1. The molecule has 0 aliphatic heterocycles. The molecule has 0 radical (unpaired) electrons. The molecule has 0 atom stereocenters. The molecule has 3 aromatic rings. The zero-order chi connectivity index (χ0) is 17.4. The molecule has 7 heteroatoms. The van der Waals surface area contributed by atoms with E-state index in [0.29, 0.717) is 15.4 Å². The van der Waals surface area contributed by atoms with Crippen molar-refractivity contribution in [3.05, 3.63) is 54.5 Å². The third-order valence-corrected chi connectivity index (χ3v) is 7.33. The van der Waals surface area contributed by atoms with Crippen LogP contribution in [0.25, 0.3) is 0 Å². The van der Waals surface area contributed by atoms with Crippen molar-refractivity contribution in [2.75, 3.05) is 5.32 Å². The van der Waals surface area contributed by atoms with Gasteiger partial charge < -0.3 is 5.32 Å². The minimum absolute atomic E-state index is 0.0192. The highest BCUT2D eigenvalue weighted by Crippen LogP contribution is 2.40. The Kier molecular flexibility index (Phi) is 4.54. The number of carbonyl (C=O) groups is 2. The summed E-state index contributed by atoms with van der Waals surface area (Å²) in [4.78, 5) is 32.4. The maximum atomic E-state index is 13.1. The topological polar surface area (TPSA) is 59.1 Å². The molecule has 0 fully saturated rings. The smallest absolute Gasteiger partial charge is 0.268 e. The first-order valence-corrected chi connectivity index (χ1v) is 10.7. The SMILES string of the molecule is Cc1ncsc1C(=O)Nc1sc2c(c1C(=O)c1cccs1)CCCC2. The van der Waals surface area contributed by atoms with E-state index in [4.69, 9.17) is 0 Å². The van der Waals surface area contributed by atoms with Crippen molar-refractivity contribution >= 4 is 50.7 Å².